The first-order valence-corrected chi connectivity index (χ1v) is 17.5. The molecule has 3 nitrogen and oxygen atoms in total. The fraction of sp³-hybridized carbons (Fsp3) is 0.227. The molecule has 3 aliphatic heterocycles. The lowest BCUT2D eigenvalue weighted by molar-refractivity contribution is 0.424. The molecular weight excluding hydrogens is 571 g/mol. The molecule has 1 fully saturated rings. The molecular formula is C44H39N3. The average molecular weight is 610 g/mol. The fourth-order valence-electron chi connectivity index (χ4n) is 9.57. The minimum atomic E-state index is 0.200. The molecule has 1 aromatic carbocycles. The zero-order chi connectivity index (χ0) is 30.9. The number of nitrogens with one attached hydrogen (secondary N) is 2. The molecule has 3 heterocycles. The number of nitrogens with zero attached hydrogens (tertiary/aromatic N) is 1. The monoisotopic (exact) mass is 609 g/mol. The van der Waals surface area contributed by atoms with Crippen molar-refractivity contribution >= 4 is 11.1 Å². The predicted octanol–water partition coefficient (Wildman–Crippen LogP) is 6.97. The Morgan fingerprint density at radius 1 is 0.617 bits per heavy atom. The molecule has 47 heavy (non-hydrogen) atoms. The third kappa shape index (κ3) is 4.18. The van der Waals surface area contributed by atoms with Crippen LogP contribution in [-0.4, -0.2) is 17.6 Å². The number of benzene rings is 1. The van der Waals surface area contributed by atoms with Gasteiger partial charge in [0.05, 0.1) is 11.4 Å². The Kier molecular flexibility index (Phi) is 6.22. The Labute approximate surface area is 277 Å². The van der Waals surface area contributed by atoms with Gasteiger partial charge in [-0.15, -0.1) is 0 Å². The van der Waals surface area contributed by atoms with Crippen molar-refractivity contribution in [3.8, 4) is 0 Å². The van der Waals surface area contributed by atoms with Crippen LogP contribution in [0.3, 0.4) is 0 Å². The predicted molar refractivity (Wildman–Crippen MR) is 192 cm³/mol. The third-order valence-electron chi connectivity index (χ3n) is 11.5. The Morgan fingerprint density at radius 3 is 2.02 bits per heavy atom. The first-order valence-electron chi connectivity index (χ1n) is 17.5. The highest BCUT2D eigenvalue weighted by atomic mass is 15.3. The van der Waals surface area contributed by atoms with Crippen LogP contribution in [0, 0.1) is 23.7 Å². The summed E-state index contributed by atoms with van der Waals surface area (Å²) >= 11 is 0. The topological polar surface area (TPSA) is 27.3 Å². The summed E-state index contributed by atoms with van der Waals surface area (Å²) in [6.07, 6.45) is 46.4. The van der Waals surface area contributed by atoms with Crippen molar-refractivity contribution in [3.63, 3.8) is 0 Å². The number of hydrogen-bond donors (Lipinski definition) is 2. The summed E-state index contributed by atoms with van der Waals surface area (Å²) in [6.45, 7) is 0.831. The second kappa shape index (κ2) is 10.8. The Morgan fingerprint density at radius 2 is 1.36 bits per heavy atom. The first kappa shape index (κ1) is 27.1. The summed E-state index contributed by atoms with van der Waals surface area (Å²) in [7, 11) is 0. The fourth-order valence-corrected chi connectivity index (χ4v) is 9.57. The molecule has 1 aromatic rings. The van der Waals surface area contributed by atoms with E-state index in [1.165, 1.54) is 32.7 Å². The molecule has 3 heteroatoms. The van der Waals surface area contributed by atoms with Crippen molar-refractivity contribution in [3.05, 3.63) is 189 Å². The summed E-state index contributed by atoms with van der Waals surface area (Å²) in [5, 5.41) is 10.3. The molecule has 0 bridgehead atoms. The number of hydrogen-bond acceptors (Lipinski definition) is 3. The molecule has 1 saturated carbocycles. The van der Waals surface area contributed by atoms with Gasteiger partial charge in [0.1, 0.15) is 6.17 Å². The molecule has 0 saturated heterocycles. The summed E-state index contributed by atoms with van der Waals surface area (Å²) in [5.74, 6) is 1.48. The second-order valence-corrected chi connectivity index (χ2v) is 13.9. The van der Waals surface area contributed by atoms with Gasteiger partial charge in [-0.1, -0.05) is 114 Å². The molecule has 10 rings (SSSR count). The van der Waals surface area contributed by atoms with Crippen LogP contribution in [0.2, 0.25) is 0 Å². The van der Waals surface area contributed by atoms with Gasteiger partial charge in [0.25, 0.3) is 0 Å². The largest absolute Gasteiger partial charge is 0.379 e. The van der Waals surface area contributed by atoms with Gasteiger partial charge in [-0.3, -0.25) is 0 Å². The highest BCUT2D eigenvalue weighted by Crippen LogP contribution is 2.61. The minimum absolute atomic E-state index is 0.200. The molecule has 9 aliphatic rings. The van der Waals surface area contributed by atoms with Crippen LogP contribution in [0.25, 0.3) is 11.1 Å². The van der Waals surface area contributed by atoms with Crippen LogP contribution >= 0.6 is 0 Å². The molecule has 2 N–H and O–H groups in total. The van der Waals surface area contributed by atoms with E-state index in [1.807, 2.05) is 0 Å². The van der Waals surface area contributed by atoms with Gasteiger partial charge >= 0.3 is 0 Å². The number of dihydropyridines is 1. The number of allylic oxidation sites excluding steroid dienone is 19. The van der Waals surface area contributed by atoms with E-state index < -0.39 is 0 Å². The van der Waals surface area contributed by atoms with Gasteiger partial charge in [-0.05, 0) is 87.8 Å². The van der Waals surface area contributed by atoms with Gasteiger partial charge < -0.3 is 15.5 Å². The lowest BCUT2D eigenvalue weighted by atomic mass is 9.69. The van der Waals surface area contributed by atoms with Crippen LogP contribution in [0.15, 0.2) is 179 Å². The molecule has 230 valence electrons. The van der Waals surface area contributed by atoms with Gasteiger partial charge in [-0.2, -0.15) is 0 Å². The van der Waals surface area contributed by atoms with Crippen LogP contribution < -0.4 is 21.1 Å². The summed E-state index contributed by atoms with van der Waals surface area (Å²) < 4.78 is 0. The Balaban J connectivity index is 1.09. The highest BCUT2D eigenvalue weighted by Gasteiger charge is 2.52. The molecule has 6 aliphatic carbocycles. The van der Waals surface area contributed by atoms with Crippen molar-refractivity contribution in [1.82, 2.24) is 15.5 Å². The minimum Gasteiger partial charge on any atom is -0.379 e. The quantitative estimate of drug-likeness (QED) is 0.386. The van der Waals surface area contributed by atoms with E-state index in [-0.39, 0.29) is 6.17 Å². The summed E-state index contributed by atoms with van der Waals surface area (Å²) in [5.41, 5.74) is 14.6. The van der Waals surface area contributed by atoms with Gasteiger partial charge in [0.15, 0.2) is 0 Å². The van der Waals surface area contributed by atoms with E-state index in [0.29, 0.717) is 23.7 Å². The first-order chi connectivity index (χ1) is 23.3. The van der Waals surface area contributed by atoms with E-state index in [9.17, 15) is 0 Å². The third-order valence-corrected chi connectivity index (χ3v) is 11.5. The normalized spacial score (nSPS) is 30.7. The van der Waals surface area contributed by atoms with E-state index >= 15 is 0 Å². The SMILES string of the molecule is C1=CCCC(C2=c3ccccc3=C(C3=CC=CCC3)C3C4=CC=C(C5=CC=C(C6=CN7C=CC=CC7N6)NC5)C5C=CC=C(C45)C23)=C1. The number of rotatable bonds is 4. The highest BCUT2D eigenvalue weighted by molar-refractivity contribution is 5.85. The van der Waals surface area contributed by atoms with Crippen molar-refractivity contribution < 1.29 is 0 Å². The number of fused-ring (bicyclic) bond motifs is 5. The van der Waals surface area contributed by atoms with Crippen molar-refractivity contribution in [2.75, 3.05) is 6.54 Å². The average Bonchev–Trinajstić information content (AvgIpc) is 3.72. The van der Waals surface area contributed by atoms with Crippen LogP contribution in [-0.2, 0) is 0 Å². The molecule has 0 spiro atoms. The summed E-state index contributed by atoms with van der Waals surface area (Å²) in [4.78, 5) is 2.22. The second-order valence-electron chi connectivity index (χ2n) is 13.9. The maximum atomic E-state index is 3.76. The van der Waals surface area contributed by atoms with Crippen molar-refractivity contribution in [2.24, 2.45) is 23.7 Å². The van der Waals surface area contributed by atoms with E-state index in [4.69, 9.17) is 0 Å². The maximum absolute atomic E-state index is 3.76. The van der Waals surface area contributed by atoms with E-state index in [1.54, 1.807) is 22.3 Å². The zero-order valence-electron chi connectivity index (χ0n) is 26.6. The standard InChI is InChI=1S/C44H39N3/c1-3-12-28(13-4-1)40-33-16-7-8-17-34(33)41(29-14-5-2-6-15-29)44-36-23-22-31(32-18-11-19-35(42(32)36)43(40)44)30-21-24-37(45-26-30)38-27-47-25-10-9-20-39(47)46-38/h1-3,5,7-12,14,16-25,27,32,39,42-46H,4,6,13,15,26H2. The lowest BCUT2D eigenvalue weighted by Gasteiger charge is -2.34. The maximum Gasteiger partial charge on any atom is 0.122 e. The Bertz CT molecular complexity index is 2140. The summed E-state index contributed by atoms with van der Waals surface area (Å²) in [6, 6.07) is 9.33. The molecule has 5 atom stereocenters. The van der Waals surface area contributed by atoms with Crippen molar-refractivity contribution in [1.29, 1.82) is 0 Å². The lowest BCUT2D eigenvalue weighted by Crippen LogP contribution is -2.40. The zero-order valence-corrected chi connectivity index (χ0v) is 26.6. The molecule has 0 radical (unpaired) electrons. The van der Waals surface area contributed by atoms with Gasteiger partial charge in [0.2, 0.25) is 0 Å². The van der Waals surface area contributed by atoms with Gasteiger partial charge in [0, 0.05) is 42.6 Å². The smallest absolute Gasteiger partial charge is 0.122 e. The molecule has 5 unspecified atom stereocenters. The van der Waals surface area contributed by atoms with Gasteiger partial charge in [-0.25, -0.2) is 0 Å². The van der Waals surface area contributed by atoms with Crippen LogP contribution in [0.1, 0.15) is 25.7 Å². The van der Waals surface area contributed by atoms with Crippen LogP contribution in [0.4, 0.5) is 0 Å². The van der Waals surface area contributed by atoms with Crippen molar-refractivity contribution in [2.45, 2.75) is 31.8 Å². The Hall–Kier alpha value is -5.02. The van der Waals surface area contributed by atoms with E-state index in [2.05, 4.69) is 149 Å². The molecule has 0 amide bonds. The van der Waals surface area contributed by atoms with E-state index in [0.717, 1.165) is 43.6 Å². The van der Waals surface area contributed by atoms with Crippen LogP contribution in [0.5, 0.6) is 0 Å². The molecule has 0 aromatic heterocycles.